The van der Waals surface area contributed by atoms with Crippen LogP contribution in [0.3, 0.4) is 0 Å². The predicted octanol–water partition coefficient (Wildman–Crippen LogP) is 7.25. The van der Waals surface area contributed by atoms with Crippen LogP contribution in [0.2, 0.25) is 0 Å². The number of rotatable bonds is 7. The average molecular weight is 510 g/mol. The van der Waals surface area contributed by atoms with Crippen LogP contribution in [-0.2, 0) is 4.79 Å². The Kier molecular flexibility index (Phi) is 7.11. The van der Waals surface area contributed by atoms with Gasteiger partial charge in [-0.2, -0.15) is 0 Å². The van der Waals surface area contributed by atoms with Gasteiger partial charge in [0.2, 0.25) is 5.91 Å². The molecule has 0 atom stereocenters. The first kappa shape index (κ1) is 23.8. The fraction of sp³-hybridized carbons (Fsp3) is 0.0690. The van der Waals surface area contributed by atoms with Crippen molar-refractivity contribution in [1.82, 2.24) is 4.98 Å². The summed E-state index contributed by atoms with van der Waals surface area (Å²) in [6.45, 7) is 1.91. The largest absolute Gasteiger partial charge is 0.322 e. The molecular weight excluding hydrogens is 486 g/mol. The molecule has 0 aliphatic carbocycles. The van der Waals surface area contributed by atoms with Gasteiger partial charge < -0.3 is 10.6 Å². The van der Waals surface area contributed by atoms with Crippen molar-refractivity contribution in [2.24, 2.45) is 0 Å². The van der Waals surface area contributed by atoms with Crippen molar-refractivity contribution in [2.45, 2.75) is 11.8 Å². The summed E-state index contributed by atoms with van der Waals surface area (Å²) in [5.74, 6) is -0.0483. The number of thioether (sulfide) groups is 1. The van der Waals surface area contributed by atoms with Gasteiger partial charge in [0.05, 0.1) is 11.4 Å². The number of thiazole rings is 1. The van der Waals surface area contributed by atoms with Crippen molar-refractivity contribution >= 4 is 56.5 Å². The van der Waals surface area contributed by atoms with E-state index in [2.05, 4.69) is 39.9 Å². The van der Waals surface area contributed by atoms with E-state index in [0.29, 0.717) is 16.4 Å². The molecule has 36 heavy (non-hydrogen) atoms. The molecule has 0 bridgehead atoms. The second-order valence-electron chi connectivity index (χ2n) is 8.23. The lowest BCUT2D eigenvalue weighted by Gasteiger charge is -2.09. The first-order valence-electron chi connectivity index (χ1n) is 11.4. The Morgan fingerprint density at radius 3 is 2.53 bits per heavy atom. The molecule has 5 aromatic rings. The minimum atomic E-state index is -0.154. The highest BCUT2D eigenvalue weighted by Crippen LogP contribution is 2.28. The molecule has 0 fully saturated rings. The molecule has 0 saturated carbocycles. The number of fused-ring (bicyclic) bond motifs is 1. The minimum absolute atomic E-state index is 0.131. The van der Waals surface area contributed by atoms with E-state index in [4.69, 9.17) is 0 Å². The van der Waals surface area contributed by atoms with Gasteiger partial charge in [0.25, 0.3) is 5.91 Å². The fourth-order valence-electron chi connectivity index (χ4n) is 3.81. The van der Waals surface area contributed by atoms with Gasteiger partial charge in [0.15, 0.2) is 5.13 Å². The molecule has 4 aromatic carbocycles. The molecule has 2 N–H and O–H groups in total. The van der Waals surface area contributed by atoms with Crippen molar-refractivity contribution < 1.29 is 9.59 Å². The molecule has 0 spiro atoms. The highest BCUT2D eigenvalue weighted by molar-refractivity contribution is 8.00. The summed E-state index contributed by atoms with van der Waals surface area (Å²) in [7, 11) is 0. The zero-order chi connectivity index (χ0) is 24.9. The van der Waals surface area contributed by atoms with Gasteiger partial charge in [0.1, 0.15) is 0 Å². The summed E-state index contributed by atoms with van der Waals surface area (Å²) >= 11 is 2.81. The third-order valence-corrected chi connectivity index (χ3v) is 7.40. The molecule has 5 nitrogen and oxygen atoms in total. The first-order chi connectivity index (χ1) is 17.5. The Bertz CT molecular complexity index is 1560. The highest BCUT2D eigenvalue weighted by Gasteiger charge is 2.11. The van der Waals surface area contributed by atoms with E-state index >= 15 is 0 Å². The second kappa shape index (κ2) is 10.8. The fourth-order valence-corrected chi connectivity index (χ4v) is 5.30. The van der Waals surface area contributed by atoms with Crippen LogP contribution >= 0.6 is 23.1 Å². The van der Waals surface area contributed by atoms with E-state index in [1.165, 1.54) is 28.5 Å². The minimum Gasteiger partial charge on any atom is -0.322 e. The zero-order valence-electron chi connectivity index (χ0n) is 19.5. The summed E-state index contributed by atoms with van der Waals surface area (Å²) < 4.78 is 0. The van der Waals surface area contributed by atoms with Gasteiger partial charge in [-0.15, -0.1) is 23.1 Å². The van der Waals surface area contributed by atoms with Gasteiger partial charge in [0, 0.05) is 27.1 Å². The topological polar surface area (TPSA) is 71.1 Å². The Balaban J connectivity index is 1.18. The van der Waals surface area contributed by atoms with Crippen molar-refractivity contribution in [3.63, 3.8) is 0 Å². The smallest absolute Gasteiger partial charge is 0.255 e. The predicted molar refractivity (Wildman–Crippen MR) is 150 cm³/mol. The number of amides is 2. The van der Waals surface area contributed by atoms with Crippen LogP contribution in [0, 0.1) is 6.92 Å². The molecule has 1 aromatic heterocycles. The SMILES string of the molecule is Cc1ccccc1C(=O)Nc1cccc(SCC(=O)Nc2nc(-c3ccc4ccccc4c3)cs2)c1. The standard InChI is InChI=1S/C29H23N3O2S2/c1-19-7-2-5-12-25(19)28(34)30-23-10-6-11-24(16-23)35-18-27(33)32-29-31-26(17-36-29)22-14-13-20-8-3-4-9-21(20)15-22/h2-17H,18H2,1H3,(H,30,34)(H,31,32,33). The molecule has 1 heterocycles. The van der Waals surface area contributed by atoms with Gasteiger partial charge in [-0.25, -0.2) is 4.98 Å². The monoisotopic (exact) mass is 509 g/mol. The number of anilines is 2. The van der Waals surface area contributed by atoms with Crippen LogP contribution in [-0.4, -0.2) is 22.6 Å². The van der Waals surface area contributed by atoms with Gasteiger partial charge in [-0.1, -0.05) is 60.7 Å². The summed E-state index contributed by atoms with van der Waals surface area (Å²) in [6, 6.07) is 29.4. The third kappa shape index (κ3) is 5.64. The Hall–Kier alpha value is -3.94. The summed E-state index contributed by atoms with van der Waals surface area (Å²) in [5, 5.41) is 10.7. The normalized spacial score (nSPS) is 10.8. The molecule has 2 amide bonds. The molecule has 178 valence electrons. The van der Waals surface area contributed by atoms with Gasteiger partial charge in [-0.05, 0) is 53.6 Å². The van der Waals surface area contributed by atoms with Crippen molar-refractivity contribution in [2.75, 3.05) is 16.4 Å². The average Bonchev–Trinajstić information content (AvgIpc) is 3.36. The van der Waals surface area contributed by atoms with Crippen molar-refractivity contribution in [3.05, 3.63) is 108 Å². The number of hydrogen-bond acceptors (Lipinski definition) is 5. The first-order valence-corrected chi connectivity index (χ1v) is 13.3. The molecule has 0 unspecified atom stereocenters. The van der Waals surface area contributed by atoms with Gasteiger partial charge in [-0.3, -0.25) is 9.59 Å². The van der Waals surface area contributed by atoms with Crippen LogP contribution in [0.25, 0.3) is 22.0 Å². The highest BCUT2D eigenvalue weighted by atomic mass is 32.2. The lowest BCUT2D eigenvalue weighted by molar-refractivity contribution is -0.113. The molecule has 0 aliphatic rings. The molecule has 5 rings (SSSR count). The number of nitrogens with zero attached hydrogens (tertiary/aromatic N) is 1. The van der Waals surface area contributed by atoms with Crippen molar-refractivity contribution in [3.8, 4) is 11.3 Å². The Morgan fingerprint density at radius 1 is 0.861 bits per heavy atom. The number of carbonyl (C=O) groups excluding carboxylic acids is 2. The van der Waals surface area contributed by atoms with E-state index in [1.54, 1.807) is 6.07 Å². The number of benzene rings is 4. The number of hydrogen-bond donors (Lipinski definition) is 2. The van der Waals surface area contributed by atoms with Crippen molar-refractivity contribution in [1.29, 1.82) is 0 Å². The molecule has 0 radical (unpaired) electrons. The van der Waals surface area contributed by atoms with E-state index in [1.807, 2.05) is 73.0 Å². The number of aryl methyl sites for hydroxylation is 1. The lowest BCUT2D eigenvalue weighted by atomic mass is 10.1. The van der Waals surface area contributed by atoms with Gasteiger partial charge >= 0.3 is 0 Å². The van der Waals surface area contributed by atoms with Crippen LogP contribution in [0.4, 0.5) is 10.8 Å². The molecule has 0 aliphatic heterocycles. The van der Waals surface area contributed by atoms with E-state index in [-0.39, 0.29) is 17.6 Å². The zero-order valence-corrected chi connectivity index (χ0v) is 21.2. The maximum Gasteiger partial charge on any atom is 0.255 e. The number of nitrogens with one attached hydrogen (secondary N) is 2. The molecule has 7 heteroatoms. The van der Waals surface area contributed by atoms with E-state index < -0.39 is 0 Å². The molecule has 0 saturated heterocycles. The quantitative estimate of drug-likeness (QED) is 0.227. The van der Waals surface area contributed by atoms with E-state index in [0.717, 1.165) is 27.1 Å². The maximum atomic E-state index is 12.6. The van der Waals surface area contributed by atoms with Crippen LogP contribution in [0.1, 0.15) is 15.9 Å². The number of aromatic nitrogens is 1. The Morgan fingerprint density at radius 2 is 1.67 bits per heavy atom. The Labute approximate surface area is 217 Å². The third-order valence-electron chi connectivity index (χ3n) is 5.65. The second-order valence-corrected chi connectivity index (χ2v) is 10.1. The lowest BCUT2D eigenvalue weighted by Crippen LogP contribution is -2.14. The summed E-state index contributed by atoms with van der Waals surface area (Å²) in [4.78, 5) is 30.6. The molecular formula is C29H23N3O2S2. The van der Waals surface area contributed by atoms with Crippen LogP contribution < -0.4 is 10.6 Å². The maximum absolute atomic E-state index is 12.6. The number of carbonyl (C=O) groups is 2. The van der Waals surface area contributed by atoms with E-state index in [9.17, 15) is 9.59 Å². The van der Waals surface area contributed by atoms with Crippen LogP contribution in [0.5, 0.6) is 0 Å². The summed E-state index contributed by atoms with van der Waals surface area (Å²) in [5.41, 5.74) is 4.10. The summed E-state index contributed by atoms with van der Waals surface area (Å²) in [6.07, 6.45) is 0. The van der Waals surface area contributed by atoms with Crippen LogP contribution in [0.15, 0.2) is 101 Å².